The van der Waals surface area contributed by atoms with Crippen LogP contribution in [0.3, 0.4) is 0 Å². The zero-order valence-corrected chi connectivity index (χ0v) is 8.77. The first kappa shape index (κ1) is 9.99. The Bertz CT molecular complexity index is 603. The molecule has 0 fully saturated rings. The van der Waals surface area contributed by atoms with Gasteiger partial charge >= 0.3 is 0 Å². The first-order valence-corrected chi connectivity index (χ1v) is 6.03. The second-order valence-corrected chi connectivity index (χ2v) is 5.00. The minimum absolute atomic E-state index is 0.0236. The zero-order chi connectivity index (χ0) is 11.1. The van der Waals surface area contributed by atoms with E-state index in [1.165, 1.54) is 16.6 Å². The van der Waals surface area contributed by atoms with Gasteiger partial charge in [-0.1, -0.05) is 0 Å². The molecule has 0 unspecified atom stereocenters. The topological polar surface area (TPSA) is 103 Å². The van der Waals surface area contributed by atoms with E-state index in [9.17, 15) is 8.42 Å². The average molecular weight is 227 g/mol. The summed E-state index contributed by atoms with van der Waals surface area (Å²) >= 11 is 0. The molecule has 0 aliphatic carbocycles. The summed E-state index contributed by atoms with van der Waals surface area (Å²) in [5.74, 6) is 0.426. The van der Waals surface area contributed by atoms with Crippen LogP contribution in [0.1, 0.15) is 5.82 Å². The van der Waals surface area contributed by atoms with Gasteiger partial charge in [0.25, 0.3) is 0 Å². The van der Waals surface area contributed by atoms with Gasteiger partial charge in [-0.2, -0.15) is 9.61 Å². The molecule has 0 aromatic carbocycles. The van der Waals surface area contributed by atoms with Gasteiger partial charge in [-0.25, -0.2) is 8.42 Å². The molecule has 0 atom stereocenters. The number of nitrogens with zero attached hydrogens (tertiary/aromatic N) is 4. The quantitative estimate of drug-likeness (QED) is 0.704. The van der Waals surface area contributed by atoms with Crippen LogP contribution >= 0.6 is 0 Å². The molecule has 0 aliphatic heterocycles. The first-order valence-electron chi connectivity index (χ1n) is 4.14. The lowest BCUT2D eigenvalue weighted by Gasteiger charge is -1.98. The van der Waals surface area contributed by atoms with E-state index in [-0.39, 0.29) is 11.6 Å². The van der Waals surface area contributed by atoms with Gasteiger partial charge in [0, 0.05) is 6.26 Å². The Morgan fingerprint density at radius 3 is 2.73 bits per heavy atom. The summed E-state index contributed by atoms with van der Waals surface area (Å²) in [5.41, 5.74) is 5.88. The number of sulfone groups is 1. The van der Waals surface area contributed by atoms with Gasteiger partial charge in [-0.05, 0) is 12.1 Å². The maximum absolute atomic E-state index is 11.3. The van der Waals surface area contributed by atoms with Crippen molar-refractivity contribution in [1.82, 2.24) is 19.8 Å². The molecule has 0 aliphatic rings. The summed E-state index contributed by atoms with van der Waals surface area (Å²) < 4.78 is 23.8. The summed E-state index contributed by atoms with van der Waals surface area (Å²) in [6.07, 6.45) is 1.09. The highest BCUT2D eigenvalue weighted by Crippen LogP contribution is 2.07. The number of nitrogens with two attached hydrogens (primary N) is 1. The zero-order valence-electron chi connectivity index (χ0n) is 7.95. The standard InChI is InChI=1S/C7H9N5O2S/c1-15(13,14)7-3-2-5-9-10-6(4-8)12(5)11-7/h2-3H,4,8H2,1H3. The van der Waals surface area contributed by atoms with Gasteiger partial charge in [0.2, 0.25) is 0 Å². The number of fused-ring (bicyclic) bond motifs is 1. The third-order valence-corrected chi connectivity index (χ3v) is 2.84. The highest BCUT2D eigenvalue weighted by Gasteiger charge is 2.12. The molecule has 0 saturated carbocycles. The lowest BCUT2D eigenvalue weighted by molar-refractivity contribution is 0.594. The lowest BCUT2D eigenvalue weighted by atomic mass is 10.5. The molecule has 80 valence electrons. The van der Waals surface area contributed by atoms with E-state index >= 15 is 0 Å². The minimum Gasteiger partial charge on any atom is -0.324 e. The van der Waals surface area contributed by atoms with Crippen molar-refractivity contribution < 1.29 is 8.42 Å². The van der Waals surface area contributed by atoms with Gasteiger partial charge in [-0.3, -0.25) is 0 Å². The van der Waals surface area contributed by atoms with Crippen molar-refractivity contribution in [2.24, 2.45) is 5.73 Å². The van der Waals surface area contributed by atoms with Crippen molar-refractivity contribution in [2.45, 2.75) is 11.6 Å². The van der Waals surface area contributed by atoms with E-state index in [2.05, 4.69) is 15.3 Å². The van der Waals surface area contributed by atoms with E-state index in [0.717, 1.165) is 6.26 Å². The van der Waals surface area contributed by atoms with Crippen LogP contribution in [0, 0.1) is 0 Å². The number of hydrogen-bond acceptors (Lipinski definition) is 6. The number of hydrogen-bond donors (Lipinski definition) is 1. The first-order chi connectivity index (χ1) is 7.02. The fourth-order valence-electron chi connectivity index (χ4n) is 1.14. The molecule has 2 aromatic rings. The van der Waals surface area contributed by atoms with Gasteiger partial charge in [0.1, 0.15) is 0 Å². The predicted octanol–water partition coefficient (Wildman–Crippen LogP) is -1.01. The normalized spacial score (nSPS) is 12.1. The fourth-order valence-corrected chi connectivity index (χ4v) is 1.69. The maximum atomic E-state index is 11.3. The molecule has 2 N–H and O–H groups in total. The van der Waals surface area contributed by atoms with Crippen molar-refractivity contribution in [3.8, 4) is 0 Å². The summed E-state index contributed by atoms with van der Waals surface area (Å²) in [6, 6.07) is 2.93. The van der Waals surface area contributed by atoms with Crippen molar-refractivity contribution in [3.05, 3.63) is 18.0 Å². The molecule has 0 amide bonds. The molecule has 0 bridgehead atoms. The van der Waals surface area contributed by atoms with E-state index < -0.39 is 9.84 Å². The Morgan fingerprint density at radius 2 is 2.13 bits per heavy atom. The summed E-state index contributed by atoms with van der Waals surface area (Å²) in [7, 11) is -3.33. The van der Waals surface area contributed by atoms with Crippen molar-refractivity contribution in [1.29, 1.82) is 0 Å². The van der Waals surface area contributed by atoms with Crippen molar-refractivity contribution >= 4 is 15.5 Å². The van der Waals surface area contributed by atoms with Crippen LogP contribution in [-0.2, 0) is 16.4 Å². The minimum atomic E-state index is -3.33. The Kier molecular flexibility index (Phi) is 2.16. The SMILES string of the molecule is CS(=O)(=O)c1ccc2nnc(CN)n2n1. The van der Waals surface area contributed by atoms with E-state index in [1.807, 2.05) is 0 Å². The van der Waals surface area contributed by atoms with Crippen LogP contribution in [0.15, 0.2) is 17.2 Å². The number of aromatic nitrogens is 4. The Labute approximate surface area is 85.8 Å². The van der Waals surface area contributed by atoms with Crippen LogP contribution in [0.4, 0.5) is 0 Å². The maximum Gasteiger partial charge on any atom is 0.194 e. The van der Waals surface area contributed by atoms with E-state index in [4.69, 9.17) is 5.73 Å². The predicted molar refractivity (Wildman–Crippen MR) is 51.8 cm³/mol. The van der Waals surface area contributed by atoms with Crippen LogP contribution in [0.2, 0.25) is 0 Å². The Balaban J connectivity index is 2.73. The Hall–Kier alpha value is -1.54. The van der Waals surface area contributed by atoms with Gasteiger partial charge in [0.15, 0.2) is 26.3 Å². The van der Waals surface area contributed by atoms with Crippen LogP contribution < -0.4 is 5.73 Å². The largest absolute Gasteiger partial charge is 0.324 e. The van der Waals surface area contributed by atoms with E-state index in [0.29, 0.717) is 11.5 Å². The number of rotatable bonds is 2. The van der Waals surface area contributed by atoms with Crippen molar-refractivity contribution in [3.63, 3.8) is 0 Å². The summed E-state index contributed by atoms with van der Waals surface area (Å²) in [6.45, 7) is 0.154. The monoisotopic (exact) mass is 227 g/mol. The molecule has 0 spiro atoms. The molecular weight excluding hydrogens is 218 g/mol. The van der Waals surface area contributed by atoms with Crippen molar-refractivity contribution in [2.75, 3.05) is 6.26 Å². The highest BCUT2D eigenvalue weighted by atomic mass is 32.2. The lowest BCUT2D eigenvalue weighted by Crippen LogP contribution is -2.09. The molecule has 0 saturated heterocycles. The molecule has 2 aromatic heterocycles. The van der Waals surface area contributed by atoms with Crippen LogP contribution in [0.25, 0.3) is 5.65 Å². The molecule has 7 nitrogen and oxygen atoms in total. The van der Waals surface area contributed by atoms with Gasteiger partial charge < -0.3 is 5.73 Å². The molecule has 0 radical (unpaired) electrons. The van der Waals surface area contributed by atoms with Crippen LogP contribution in [-0.4, -0.2) is 34.5 Å². The van der Waals surface area contributed by atoms with Gasteiger partial charge in [-0.15, -0.1) is 10.2 Å². The highest BCUT2D eigenvalue weighted by molar-refractivity contribution is 7.90. The smallest absolute Gasteiger partial charge is 0.194 e. The van der Waals surface area contributed by atoms with E-state index in [1.54, 1.807) is 0 Å². The molecular formula is C7H9N5O2S. The third kappa shape index (κ3) is 1.68. The summed E-state index contributed by atoms with van der Waals surface area (Å²) in [5, 5.41) is 11.4. The molecule has 15 heavy (non-hydrogen) atoms. The molecule has 8 heteroatoms. The second kappa shape index (κ2) is 3.24. The Morgan fingerprint density at radius 1 is 1.40 bits per heavy atom. The molecule has 2 rings (SSSR count). The van der Waals surface area contributed by atoms with Crippen LogP contribution in [0.5, 0.6) is 0 Å². The molecule has 2 heterocycles. The average Bonchev–Trinajstić information content (AvgIpc) is 2.57. The second-order valence-electron chi connectivity index (χ2n) is 3.03. The van der Waals surface area contributed by atoms with Gasteiger partial charge in [0.05, 0.1) is 6.54 Å². The fraction of sp³-hybridized carbons (Fsp3) is 0.286. The third-order valence-electron chi connectivity index (χ3n) is 1.87. The summed E-state index contributed by atoms with van der Waals surface area (Å²) in [4.78, 5) is 0.